The van der Waals surface area contributed by atoms with Gasteiger partial charge in [-0.2, -0.15) is 13.2 Å². The van der Waals surface area contributed by atoms with E-state index in [1.54, 1.807) is 0 Å². The molecule has 0 atom stereocenters. The van der Waals surface area contributed by atoms with Gasteiger partial charge in [0.2, 0.25) is 5.95 Å². The Kier molecular flexibility index (Phi) is 4.81. The number of benzene rings is 1. The SMILES string of the molecule is COCc1cc(=O)[nH]c(NCc2ccccc2C(F)(F)F)n1. The minimum Gasteiger partial charge on any atom is -0.378 e. The van der Waals surface area contributed by atoms with Crippen molar-refractivity contribution in [1.82, 2.24) is 9.97 Å². The Morgan fingerprint density at radius 3 is 2.73 bits per heavy atom. The van der Waals surface area contributed by atoms with Gasteiger partial charge in [-0.15, -0.1) is 0 Å². The van der Waals surface area contributed by atoms with E-state index in [4.69, 9.17) is 4.74 Å². The molecular weight excluding hydrogens is 299 g/mol. The van der Waals surface area contributed by atoms with Crippen molar-refractivity contribution in [3.05, 3.63) is 57.5 Å². The minimum absolute atomic E-state index is 0.0646. The number of hydrogen-bond acceptors (Lipinski definition) is 4. The summed E-state index contributed by atoms with van der Waals surface area (Å²) in [6.07, 6.45) is -4.43. The Hall–Kier alpha value is -2.35. The summed E-state index contributed by atoms with van der Waals surface area (Å²) in [5.41, 5.74) is -0.681. The monoisotopic (exact) mass is 313 g/mol. The van der Waals surface area contributed by atoms with E-state index < -0.39 is 17.3 Å². The topological polar surface area (TPSA) is 67.0 Å². The summed E-state index contributed by atoms with van der Waals surface area (Å²) in [5.74, 6) is 0.0940. The first-order chi connectivity index (χ1) is 10.4. The highest BCUT2D eigenvalue weighted by Crippen LogP contribution is 2.31. The molecule has 0 fully saturated rings. The van der Waals surface area contributed by atoms with Crippen LogP contribution in [0.5, 0.6) is 0 Å². The van der Waals surface area contributed by atoms with Crippen LogP contribution in [0.25, 0.3) is 0 Å². The van der Waals surface area contributed by atoms with Crippen molar-refractivity contribution in [2.45, 2.75) is 19.3 Å². The number of methoxy groups -OCH3 is 1. The molecular formula is C14H14F3N3O2. The van der Waals surface area contributed by atoms with Crippen LogP contribution in [0.2, 0.25) is 0 Å². The molecule has 0 spiro atoms. The van der Waals surface area contributed by atoms with Gasteiger partial charge in [-0.3, -0.25) is 9.78 Å². The molecule has 0 radical (unpaired) electrons. The molecule has 0 saturated carbocycles. The quantitative estimate of drug-likeness (QED) is 0.890. The van der Waals surface area contributed by atoms with Crippen molar-refractivity contribution >= 4 is 5.95 Å². The maximum absolute atomic E-state index is 12.9. The van der Waals surface area contributed by atoms with Crippen LogP contribution in [0, 0.1) is 0 Å². The second-order valence-electron chi connectivity index (χ2n) is 4.53. The number of aromatic nitrogens is 2. The van der Waals surface area contributed by atoms with Crippen LogP contribution in [0.1, 0.15) is 16.8 Å². The van der Waals surface area contributed by atoms with Gasteiger partial charge in [0, 0.05) is 19.7 Å². The Balaban J connectivity index is 2.19. The van der Waals surface area contributed by atoms with E-state index in [2.05, 4.69) is 15.3 Å². The number of alkyl halides is 3. The van der Waals surface area contributed by atoms with E-state index in [1.807, 2.05) is 0 Å². The Morgan fingerprint density at radius 1 is 1.32 bits per heavy atom. The molecule has 118 valence electrons. The molecule has 0 aliphatic rings. The molecule has 0 aliphatic carbocycles. The van der Waals surface area contributed by atoms with Crippen LogP contribution < -0.4 is 10.9 Å². The predicted octanol–water partition coefficient (Wildman–Crippen LogP) is 2.55. The molecule has 5 nitrogen and oxygen atoms in total. The first-order valence-corrected chi connectivity index (χ1v) is 6.38. The average molecular weight is 313 g/mol. The maximum atomic E-state index is 12.9. The number of ether oxygens (including phenoxy) is 1. The van der Waals surface area contributed by atoms with Crippen LogP contribution in [0.15, 0.2) is 35.1 Å². The van der Waals surface area contributed by atoms with Crippen LogP contribution in [0.4, 0.5) is 19.1 Å². The van der Waals surface area contributed by atoms with E-state index in [0.29, 0.717) is 5.69 Å². The number of H-pyrrole nitrogens is 1. The standard InChI is InChI=1S/C14H14F3N3O2/c1-22-8-10-6-12(21)20-13(19-10)18-7-9-4-2-3-5-11(9)14(15,16)17/h2-6H,7-8H2,1H3,(H2,18,19,20,21). The van der Waals surface area contributed by atoms with Crippen LogP contribution in [0.3, 0.4) is 0 Å². The molecule has 0 aliphatic heterocycles. The molecule has 0 bridgehead atoms. The van der Waals surface area contributed by atoms with Crippen molar-refractivity contribution in [3.63, 3.8) is 0 Å². The number of halogens is 3. The third-order valence-corrected chi connectivity index (χ3v) is 2.86. The van der Waals surface area contributed by atoms with Gasteiger partial charge in [-0.05, 0) is 11.6 Å². The number of rotatable bonds is 5. The molecule has 2 aromatic rings. The molecule has 0 unspecified atom stereocenters. The zero-order valence-corrected chi connectivity index (χ0v) is 11.7. The van der Waals surface area contributed by atoms with Crippen molar-refractivity contribution in [1.29, 1.82) is 0 Å². The lowest BCUT2D eigenvalue weighted by atomic mass is 10.1. The summed E-state index contributed by atoms with van der Waals surface area (Å²) in [6, 6.07) is 6.48. The fourth-order valence-electron chi connectivity index (χ4n) is 1.94. The Morgan fingerprint density at radius 2 is 2.05 bits per heavy atom. The van der Waals surface area contributed by atoms with Crippen molar-refractivity contribution in [3.8, 4) is 0 Å². The summed E-state index contributed by atoms with van der Waals surface area (Å²) in [6.45, 7) is 0.0206. The number of hydrogen-bond donors (Lipinski definition) is 2. The van der Waals surface area contributed by atoms with Gasteiger partial charge in [0.25, 0.3) is 5.56 Å². The molecule has 8 heteroatoms. The third-order valence-electron chi connectivity index (χ3n) is 2.86. The predicted molar refractivity (Wildman–Crippen MR) is 74.3 cm³/mol. The lowest BCUT2D eigenvalue weighted by molar-refractivity contribution is -0.138. The van der Waals surface area contributed by atoms with Crippen LogP contribution >= 0.6 is 0 Å². The van der Waals surface area contributed by atoms with E-state index in [9.17, 15) is 18.0 Å². The molecule has 1 heterocycles. The van der Waals surface area contributed by atoms with E-state index in [-0.39, 0.29) is 24.7 Å². The van der Waals surface area contributed by atoms with Gasteiger partial charge in [0.15, 0.2) is 0 Å². The summed E-state index contributed by atoms with van der Waals surface area (Å²) < 4.78 is 43.5. The number of nitrogens with zero attached hydrogens (tertiary/aromatic N) is 1. The van der Waals surface area contributed by atoms with E-state index in [0.717, 1.165) is 6.07 Å². The first kappa shape index (κ1) is 16.0. The molecule has 22 heavy (non-hydrogen) atoms. The summed E-state index contributed by atoms with van der Waals surface area (Å²) >= 11 is 0. The fraction of sp³-hybridized carbons (Fsp3) is 0.286. The maximum Gasteiger partial charge on any atom is 0.416 e. The van der Waals surface area contributed by atoms with E-state index >= 15 is 0 Å². The van der Waals surface area contributed by atoms with Crippen LogP contribution in [-0.4, -0.2) is 17.1 Å². The molecule has 0 saturated heterocycles. The first-order valence-electron chi connectivity index (χ1n) is 6.38. The van der Waals surface area contributed by atoms with E-state index in [1.165, 1.54) is 31.4 Å². The molecule has 1 aromatic heterocycles. The third kappa shape index (κ3) is 4.08. The largest absolute Gasteiger partial charge is 0.416 e. The van der Waals surface area contributed by atoms with Gasteiger partial charge in [0.1, 0.15) is 0 Å². The van der Waals surface area contributed by atoms with Gasteiger partial charge < -0.3 is 10.1 Å². The fourth-order valence-corrected chi connectivity index (χ4v) is 1.94. The molecule has 1 aromatic carbocycles. The number of aromatic amines is 1. The highest BCUT2D eigenvalue weighted by atomic mass is 19.4. The second kappa shape index (κ2) is 6.61. The highest BCUT2D eigenvalue weighted by Gasteiger charge is 2.32. The molecule has 2 N–H and O–H groups in total. The Labute approximate surface area is 124 Å². The van der Waals surface area contributed by atoms with Crippen molar-refractivity contribution < 1.29 is 17.9 Å². The molecule has 0 amide bonds. The van der Waals surface area contributed by atoms with Gasteiger partial charge in [0.05, 0.1) is 17.9 Å². The smallest absolute Gasteiger partial charge is 0.378 e. The number of nitrogens with one attached hydrogen (secondary N) is 2. The normalized spacial score (nSPS) is 11.5. The zero-order chi connectivity index (χ0) is 16.2. The summed E-state index contributed by atoms with van der Waals surface area (Å²) in [4.78, 5) is 17.9. The number of anilines is 1. The van der Waals surface area contributed by atoms with Crippen LogP contribution in [-0.2, 0) is 24.1 Å². The lowest BCUT2D eigenvalue weighted by Gasteiger charge is -2.13. The zero-order valence-electron chi connectivity index (χ0n) is 11.7. The second-order valence-corrected chi connectivity index (χ2v) is 4.53. The van der Waals surface area contributed by atoms with Gasteiger partial charge >= 0.3 is 6.18 Å². The van der Waals surface area contributed by atoms with Crippen molar-refractivity contribution in [2.75, 3.05) is 12.4 Å². The summed E-state index contributed by atoms with van der Waals surface area (Å²) in [5, 5.41) is 2.69. The van der Waals surface area contributed by atoms with Gasteiger partial charge in [-0.25, -0.2) is 4.98 Å². The summed E-state index contributed by atoms with van der Waals surface area (Å²) in [7, 11) is 1.45. The molecule has 2 rings (SSSR count). The highest BCUT2D eigenvalue weighted by molar-refractivity contribution is 5.34. The van der Waals surface area contributed by atoms with Gasteiger partial charge in [-0.1, -0.05) is 18.2 Å². The Bertz CT molecular complexity index is 698. The minimum atomic E-state index is -4.43. The lowest BCUT2D eigenvalue weighted by Crippen LogP contribution is -2.16. The average Bonchev–Trinajstić information content (AvgIpc) is 2.44. The van der Waals surface area contributed by atoms with Crippen molar-refractivity contribution in [2.24, 2.45) is 0 Å².